The fraction of sp³-hybridized carbons (Fsp3) is 0.188. The molecule has 1 aliphatic heterocycles. The van der Waals surface area contributed by atoms with Crippen molar-refractivity contribution in [2.45, 2.75) is 6.42 Å². The van der Waals surface area contributed by atoms with Crippen LogP contribution < -0.4 is 9.62 Å². The molecule has 5 nitrogen and oxygen atoms in total. The van der Waals surface area contributed by atoms with Crippen molar-refractivity contribution in [3.63, 3.8) is 0 Å². The zero-order chi connectivity index (χ0) is 16.6. The van der Waals surface area contributed by atoms with E-state index < -0.39 is 10.0 Å². The van der Waals surface area contributed by atoms with Crippen molar-refractivity contribution in [3.05, 3.63) is 58.6 Å². The number of rotatable bonds is 3. The molecule has 1 heterocycles. The molecule has 0 aromatic heterocycles. The molecule has 0 aliphatic carbocycles. The molecule has 0 atom stereocenters. The van der Waals surface area contributed by atoms with E-state index in [9.17, 15) is 13.2 Å². The van der Waals surface area contributed by atoms with E-state index in [4.69, 9.17) is 11.6 Å². The van der Waals surface area contributed by atoms with Gasteiger partial charge in [-0.2, -0.15) is 0 Å². The van der Waals surface area contributed by atoms with E-state index in [-0.39, 0.29) is 10.9 Å². The van der Waals surface area contributed by atoms with E-state index >= 15 is 0 Å². The molecule has 0 fully saturated rings. The fourth-order valence-electron chi connectivity index (χ4n) is 2.66. The van der Waals surface area contributed by atoms with Crippen LogP contribution in [0.2, 0.25) is 5.02 Å². The summed E-state index contributed by atoms with van der Waals surface area (Å²) in [6.45, 7) is 0.609. The van der Waals surface area contributed by atoms with E-state index in [0.717, 1.165) is 23.9 Å². The predicted molar refractivity (Wildman–Crippen MR) is 91.7 cm³/mol. The van der Waals surface area contributed by atoms with Crippen LogP contribution in [0, 0.1) is 0 Å². The first-order valence-electron chi connectivity index (χ1n) is 7.02. The summed E-state index contributed by atoms with van der Waals surface area (Å²) in [6, 6.07) is 12.3. The van der Waals surface area contributed by atoms with Crippen LogP contribution in [0.5, 0.6) is 0 Å². The van der Waals surface area contributed by atoms with E-state index in [1.54, 1.807) is 11.0 Å². The van der Waals surface area contributed by atoms with E-state index in [0.29, 0.717) is 17.8 Å². The van der Waals surface area contributed by atoms with Crippen molar-refractivity contribution in [2.24, 2.45) is 0 Å². The molecule has 0 bridgehead atoms. The summed E-state index contributed by atoms with van der Waals surface area (Å²) in [5, 5.41) is 0.216. The first-order valence-corrected chi connectivity index (χ1v) is 9.29. The summed E-state index contributed by atoms with van der Waals surface area (Å²) in [7, 11) is -3.39. The molecule has 0 spiro atoms. The Labute approximate surface area is 139 Å². The Morgan fingerprint density at radius 2 is 1.96 bits per heavy atom. The smallest absolute Gasteiger partial charge is 0.259 e. The third-order valence-corrected chi connectivity index (χ3v) is 4.55. The number of nitrogens with zero attached hydrogens (tertiary/aromatic N) is 1. The highest BCUT2D eigenvalue weighted by atomic mass is 35.5. The third-order valence-electron chi connectivity index (χ3n) is 3.64. The van der Waals surface area contributed by atoms with Crippen LogP contribution in [-0.2, 0) is 16.4 Å². The number of hydrogen-bond donors (Lipinski definition) is 1. The number of anilines is 2. The van der Waals surface area contributed by atoms with Gasteiger partial charge >= 0.3 is 0 Å². The van der Waals surface area contributed by atoms with Crippen molar-refractivity contribution >= 4 is 38.9 Å². The van der Waals surface area contributed by atoms with Gasteiger partial charge in [-0.05, 0) is 36.2 Å². The van der Waals surface area contributed by atoms with E-state index in [1.165, 1.54) is 12.1 Å². The molecular weight excluding hydrogens is 336 g/mol. The highest BCUT2D eigenvalue weighted by Gasteiger charge is 2.26. The maximum absolute atomic E-state index is 12.7. The number of para-hydroxylation sites is 1. The Morgan fingerprint density at radius 3 is 2.65 bits per heavy atom. The van der Waals surface area contributed by atoms with Gasteiger partial charge in [0.2, 0.25) is 10.0 Å². The summed E-state index contributed by atoms with van der Waals surface area (Å²) >= 11 is 6.18. The van der Waals surface area contributed by atoms with Gasteiger partial charge in [0.15, 0.2) is 0 Å². The third kappa shape index (κ3) is 3.33. The molecule has 0 unspecified atom stereocenters. The molecule has 0 saturated carbocycles. The summed E-state index contributed by atoms with van der Waals surface area (Å²) in [5.74, 6) is -0.189. The molecule has 1 aliphatic rings. The zero-order valence-electron chi connectivity index (χ0n) is 12.4. The van der Waals surface area contributed by atoms with Crippen LogP contribution in [0.3, 0.4) is 0 Å². The van der Waals surface area contributed by atoms with Gasteiger partial charge in [0.1, 0.15) is 0 Å². The number of sulfonamides is 1. The van der Waals surface area contributed by atoms with Crippen LogP contribution in [0.4, 0.5) is 11.4 Å². The van der Waals surface area contributed by atoms with Crippen molar-refractivity contribution < 1.29 is 13.2 Å². The monoisotopic (exact) mass is 350 g/mol. The number of benzene rings is 2. The molecule has 0 saturated heterocycles. The lowest BCUT2D eigenvalue weighted by Crippen LogP contribution is -2.29. The summed E-state index contributed by atoms with van der Waals surface area (Å²) < 4.78 is 24.8. The number of carbonyl (C=O) groups excluding carboxylic acids is 1. The Morgan fingerprint density at radius 1 is 1.22 bits per heavy atom. The first kappa shape index (κ1) is 15.8. The van der Waals surface area contributed by atoms with Gasteiger partial charge in [0, 0.05) is 17.9 Å². The second kappa shape index (κ2) is 5.86. The van der Waals surface area contributed by atoms with E-state index in [1.807, 2.05) is 24.3 Å². The number of carbonyl (C=O) groups is 1. The molecule has 3 rings (SSSR count). The topological polar surface area (TPSA) is 66.5 Å². The second-order valence-corrected chi connectivity index (χ2v) is 7.56. The maximum Gasteiger partial charge on any atom is 0.259 e. The molecular formula is C16H15ClN2O3S. The van der Waals surface area contributed by atoms with Crippen LogP contribution in [0.15, 0.2) is 42.5 Å². The number of nitrogens with one attached hydrogen (secondary N) is 1. The van der Waals surface area contributed by atoms with Gasteiger partial charge in [0.25, 0.3) is 5.91 Å². The molecule has 7 heteroatoms. The lowest BCUT2D eigenvalue weighted by atomic mass is 10.1. The number of amides is 1. The summed E-state index contributed by atoms with van der Waals surface area (Å²) in [5.41, 5.74) is 2.71. The lowest BCUT2D eigenvalue weighted by Gasteiger charge is -2.18. The fourth-order valence-corrected chi connectivity index (χ4v) is 3.48. The van der Waals surface area contributed by atoms with Crippen LogP contribution in [-0.4, -0.2) is 27.1 Å². The Balaban J connectivity index is 1.89. The average molecular weight is 351 g/mol. The Bertz CT molecular complexity index is 881. The van der Waals surface area contributed by atoms with Crippen LogP contribution in [0.1, 0.15) is 15.9 Å². The van der Waals surface area contributed by atoms with Gasteiger partial charge < -0.3 is 4.90 Å². The molecule has 2 aromatic rings. The van der Waals surface area contributed by atoms with Crippen molar-refractivity contribution in [1.29, 1.82) is 0 Å². The van der Waals surface area contributed by atoms with Crippen LogP contribution in [0.25, 0.3) is 0 Å². The summed E-state index contributed by atoms with van der Waals surface area (Å²) in [4.78, 5) is 14.4. The zero-order valence-corrected chi connectivity index (χ0v) is 14.0. The SMILES string of the molecule is CS(=O)(=O)Nc1ccc(C(=O)N2CCc3ccccc32)c(Cl)c1. The number of halogens is 1. The Hall–Kier alpha value is -2.05. The minimum Gasteiger partial charge on any atom is -0.308 e. The highest BCUT2D eigenvalue weighted by molar-refractivity contribution is 7.92. The molecule has 23 heavy (non-hydrogen) atoms. The molecule has 120 valence electrons. The quantitative estimate of drug-likeness (QED) is 0.925. The van der Waals surface area contributed by atoms with Gasteiger partial charge in [-0.25, -0.2) is 8.42 Å². The minimum atomic E-state index is -3.39. The van der Waals surface area contributed by atoms with Gasteiger partial charge in [0.05, 0.1) is 16.8 Å². The average Bonchev–Trinajstić information content (AvgIpc) is 2.89. The van der Waals surface area contributed by atoms with Crippen LogP contribution >= 0.6 is 11.6 Å². The van der Waals surface area contributed by atoms with Crippen molar-refractivity contribution in [1.82, 2.24) is 0 Å². The second-order valence-electron chi connectivity index (χ2n) is 5.40. The Kier molecular flexibility index (Phi) is 4.04. The number of hydrogen-bond acceptors (Lipinski definition) is 3. The standard InChI is InChI=1S/C16H15ClN2O3S/c1-23(21,22)18-12-6-7-13(14(17)10-12)16(20)19-9-8-11-4-2-3-5-15(11)19/h2-7,10,18H,8-9H2,1H3. The molecule has 2 aromatic carbocycles. The normalized spacial score (nSPS) is 13.7. The van der Waals surface area contributed by atoms with Gasteiger partial charge in [-0.1, -0.05) is 29.8 Å². The van der Waals surface area contributed by atoms with Crippen molar-refractivity contribution in [3.8, 4) is 0 Å². The van der Waals surface area contributed by atoms with Gasteiger partial charge in [-0.15, -0.1) is 0 Å². The summed E-state index contributed by atoms with van der Waals surface area (Å²) in [6.07, 6.45) is 1.87. The molecule has 0 radical (unpaired) electrons. The van der Waals surface area contributed by atoms with E-state index in [2.05, 4.69) is 4.72 Å². The predicted octanol–water partition coefficient (Wildman–Crippen LogP) is 2.91. The minimum absolute atomic E-state index is 0.189. The largest absolute Gasteiger partial charge is 0.308 e. The highest BCUT2D eigenvalue weighted by Crippen LogP contribution is 2.31. The molecule has 1 N–H and O–H groups in total. The lowest BCUT2D eigenvalue weighted by molar-refractivity contribution is 0.0989. The van der Waals surface area contributed by atoms with Gasteiger partial charge in [-0.3, -0.25) is 9.52 Å². The maximum atomic E-state index is 12.7. The first-order chi connectivity index (χ1) is 10.8. The van der Waals surface area contributed by atoms with Crippen molar-refractivity contribution in [2.75, 3.05) is 22.4 Å². The molecule has 1 amide bonds. The number of fused-ring (bicyclic) bond motifs is 1.